The highest BCUT2D eigenvalue weighted by Gasteiger charge is 2.27. The van der Waals surface area contributed by atoms with Gasteiger partial charge in [0.25, 0.3) is 5.91 Å². The third kappa shape index (κ3) is 6.89. The Kier molecular flexibility index (Phi) is 8.19. The van der Waals surface area contributed by atoms with Gasteiger partial charge in [0.05, 0.1) is 0 Å². The van der Waals surface area contributed by atoms with E-state index < -0.39 is 11.9 Å². The Morgan fingerprint density at radius 3 is 2.48 bits per heavy atom. The summed E-state index contributed by atoms with van der Waals surface area (Å²) in [5.41, 5.74) is 1.36. The molecule has 6 heteroatoms. The molecule has 0 saturated heterocycles. The molecule has 2 rings (SSSR count). The van der Waals surface area contributed by atoms with Crippen LogP contribution in [0, 0.1) is 18.7 Å². The second-order valence-electron chi connectivity index (χ2n) is 7.53. The Labute approximate surface area is 171 Å². The zero-order chi connectivity index (χ0) is 21.4. The van der Waals surface area contributed by atoms with Gasteiger partial charge in [0, 0.05) is 18.7 Å². The molecule has 2 amide bonds. The largest absolute Gasteiger partial charge is 0.484 e. The lowest BCUT2D eigenvalue weighted by Gasteiger charge is -2.29. The zero-order valence-electron chi connectivity index (χ0n) is 17.4. The highest BCUT2D eigenvalue weighted by Crippen LogP contribution is 2.15. The van der Waals surface area contributed by atoms with Gasteiger partial charge in [0.2, 0.25) is 5.91 Å². The van der Waals surface area contributed by atoms with Crippen LogP contribution in [0.2, 0.25) is 0 Å². The standard InChI is InChI=1S/C23H29FN2O3/c1-16(2)13-25-23(28)18(4)26(14-19-9-5-6-11-21(19)24)22(27)15-29-20-10-7-8-17(3)12-20/h5-12,16,18H,13-15H2,1-4H3,(H,25,28)/t18-/m1/s1. The maximum atomic E-state index is 14.2. The fourth-order valence-corrected chi connectivity index (χ4v) is 2.78. The minimum Gasteiger partial charge on any atom is -0.484 e. The molecular weight excluding hydrogens is 371 g/mol. The second-order valence-corrected chi connectivity index (χ2v) is 7.53. The van der Waals surface area contributed by atoms with Crippen molar-refractivity contribution < 1.29 is 18.7 Å². The minimum atomic E-state index is -0.762. The summed E-state index contributed by atoms with van der Waals surface area (Å²) in [7, 11) is 0. The van der Waals surface area contributed by atoms with Gasteiger partial charge in [0.15, 0.2) is 6.61 Å². The van der Waals surface area contributed by atoms with E-state index in [1.165, 1.54) is 11.0 Å². The summed E-state index contributed by atoms with van der Waals surface area (Å²) in [5, 5.41) is 2.83. The van der Waals surface area contributed by atoms with Crippen molar-refractivity contribution in [3.63, 3.8) is 0 Å². The average Bonchev–Trinajstić information content (AvgIpc) is 2.69. The Morgan fingerprint density at radius 2 is 1.83 bits per heavy atom. The second kappa shape index (κ2) is 10.6. The van der Waals surface area contributed by atoms with Crippen molar-refractivity contribution in [2.45, 2.75) is 40.3 Å². The van der Waals surface area contributed by atoms with Crippen LogP contribution >= 0.6 is 0 Å². The molecule has 0 radical (unpaired) electrons. The first-order valence-corrected chi connectivity index (χ1v) is 9.78. The molecule has 0 aliphatic rings. The highest BCUT2D eigenvalue weighted by molar-refractivity contribution is 5.87. The normalized spacial score (nSPS) is 11.8. The summed E-state index contributed by atoms with van der Waals surface area (Å²) in [6.45, 7) is 7.80. The van der Waals surface area contributed by atoms with E-state index in [1.54, 1.807) is 31.2 Å². The summed E-state index contributed by atoms with van der Waals surface area (Å²) in [5.74, 6) is -0.229. The van der Waals surface area contributed by atoms with E-state index in [1.807, 2.05) is 39.0 Å². The lowest BCUT2D eigenvalue weighted by Crippen LogP contribution is -2.49. The predicted octanol–water partition coefficient (Wildman–Crippen LogP) is 3.70. The molecule has 1 N–H and O–H groups in total. The van der Waals surface area contributed by atoms with Gasteiger partial charge in [-0.3, -0.25) is 9.59 Å². The molecule has 5 nitrogen and oxygen atoms in total. The summed E-state index contributed by atoms with van der Waals surface area (Å²) in [4.78, 5) is 26.8. The maximum Gasteiger partial charge on any atom is 0.261 e. The number of rotatable bonds is 9. The molecule has 0 saturated carbocycles. The van der Waals surface area contributed by atoms with Crippen LogP contribution in [0.1, 0.15) is 31.9 Å². The van der Waals surface area contributed by atoms with Crippen molar-refractivity contribution in [1.82, 2.24) is 10.2 Å². The first kappa shape index (κ1) is 22.4. The van der Waals surface area contributed by atoms with Gasteiger partial charge < -0.3 is 15.0 Å². The molecule has 0 unspecified atom stereocenters. The van der Waals surface area contributed by atoms with Crippen LogP contribution in [0.25, 0.3) is 0 Å². The number of carbonyl (C=O) groups is 2. The van der Waals surface area contributed by atoms with Gasteiger partial charge in [-0.1, -0.05) is 44.2 Å². The number of halogens is 1. The fraction of sp³-hybridized carbons (Fsp3) is 0.391. The minimum absolute atomic E-state index is 0.0149. The van der Waals surface area contributed by atoms with Crippen molar-refractivity contribution in [3.05, 3.63) is 65.5 Å². The number of benzene rings is 2. The van der Waals surface area contributed by atoms with Crippen molar-refractivity contribution in [3.8, 4) is 5.75 Å². The van der Waals surface area contributed by atoms with Crippen LogP contribution in [0.15, 0.2) is 48.5 Å². The number of hydrogen-bond acceptors (Lipinski definition) is 3. The van der Waals surface area contributed by atoms with Crippen molar-refractivity contribution in [1.29, 1.82) is 0 Å². The summed E-state index contributed by atoms with van der Waals surface area (Å²) in [6, 6.07) is 12.8. The molecule has 156 valence electrons. The SMILES string of the molecule is Cc1cccc(OCC(=O)N(Cc2ccccc2F)[C@H](C)C(=O)NCC(C)C)c1. The van der Waals surface area contributed by atoms with E-state index in [9.17, 15) is 14.0 Å². The lowest BCUT2D eigenvalue weighted by atomic mass is 10.1. The monoisotopic (exact) mass is 400 g/mol. The van der Waals surface area contributed by atoms with Gasteiger partial charge in [-0.25, -0.2) is 4.39 Å². The number of carbonyl (C=O) groups excluding carboxylic acids is 2. The molecule has 0 aliphatic heterocycles. The van der Waals surface area contributed by atoms with Crippen LogP contribution in [-0.2, 0) is 16.1 Å². The number of ether oxygens (including phenoxy) is 1. The predicted molar refractivity (Wildman–Crippen MR) is 111 cm³/mol. The Balaban J connectivity index is 2.14. The summed E-state index contributed by atoms with van der Waals surface area (Å²) >= 11 is 0. The third-order valence-corrected chi connectivity index (χ3v) is 4.50. The first-order chi connectivity index (χ1) is 13.8. The van der Waals surface area contributed by atoms with E-state index >= 15 is 0 Å². The number of nitrogens with zero attached hydrogens (tertiary/aromatic N) is 1. The Bertz CT molecular complexity index is 838. The van der Waals surface area contributed by atoms with Crippen LogP contribution < -0.4 is 10.1 Å². The van der Waals surface area contributed by atoms with Crippen LogP contribution in [-0.4, -0.2) is 35.9 Å². The quantitative estimate of drug-likeness (QED) is 0.698. The molecule has 2 aromatic rings. The van der Waals surface area contributed by atoms with Gasteiger partial charge in [-0.15, -0.1) is 0 Å². The number of amides is 2. The average molecular weight is 400 g/mol. The molecule has 2 aromatic carbocycles. The number of aryl methyl sites for hydroxylation is 1. The first-order valence-electron chi connectivity index (χ1n) is 9.78. The third-order valence-electron chi connectivity index (χ3n) is 4.50. The molecule has 0 aliphatic carbocycles. The maximum absolute atomic E-state index is 14.2. The zero-order valence-corrected chi connectivity index (χ0v) is 17.4. The number of hydrogen-bond donors (Lipinski definition) is 1. The molecular formula is C23H29FN2O3. The molecule has 29 heavy (non-hydrogen) atoms. The fourth-order valence-electron chi connectivity index (χ4n) is 2.78. The van der Waals surface area contributed by atoms with Gasteiger partial charge in [0.1, 0.15) is 17.6 Å². The summed E-state index contributed by atoms with van der Waals surface area (Å²) in [6.07, 6.45) is 0. The van der Waals surface area contributed by atoms with Crippen LogP contribution in [0.3, 0.4) is 0 Å². The number of nitrogens with one attached hydrogen (secondary N) is 1. The van der Waals surface area contributed by atoms with Gasteiger partial charge in [-0.2, -0.15) is 0 Å². The van der Waals surface area contributed by atoms with Gasteiger partial charge >= 0.3 is 0 Å². The van der Waals surface area contributed by atoms with E-state index in [0.717, 1.165) is 5.56 Å². The van der Waals surface area contributed by atoms with E-state index in [4.69, 9.17) is 4.74 Å². The van der Waals surface area contributed by atoms with E-state index in [2.05, 4.69) is 5.32 Å². The van der Waals surface area contributed by atoms with Crippen molar-refractivity contribution in [2.24, 2.45) is 5.92 Å². The summed E-state index contributed by atoms with van der Waals surface area (Å²) < 4.78 is 19.8. The topological polar surface area (TPSA) is 58.6 Å². The smallest absolute Gasteiger partial charge is 0.261 e. The molecule has 0 bridgehead atoms. The van der Waals surface area contributed by atoms with Crippen molar-refractivity contribution in [2.75, 3.05) is 13.2 Å². The van der Waals surface area contributed by atoms with Crippen molar-refractivity contribution >= 4 is 11.8 Å². The lowest BCUT2D eigenvalue weighted by molar-refractivity contribution is -0.142. The molecule has 0 fully saturated rings. The Hall–Kier alpha value is -2.89. The molecule has 1 atom stereocenters. The molecule has 0 heterocycles. The molecule has 0 aromatic heterocycles. The van der Waals surface area contributed by atoms with Crippen LogP contribution in [0.5, 0.6) is 5.75 Å². The van der Waals surface area contributed by atoms with Crippen LogP contribution in [0.4, 0.5) is 4.39 Å². The Morgan fingerprint density at radius 1 is 1.10 bits per heavy atom. The highest BCUT2D eigenvalue weighted by atomic mass is 19.1. The molecule has 0 spiro atoms. The van der Waals surface area contributed by atoms with E-state index in [-0.39, 0.29) is 30.9 Å². The van der Waals surface area contributed by atoms with E-state index in [0.29, 0.717) is 17.9 Å². The van der Waals surface area contributed by atoms with Gasteiger partial charge in [-0.05, 0) is 43.5 Å².